The van der Waals surface area contributed by atoms with Crippen LogP contribution in [0.1, 0.15) is 25.0 Å². The van der Waals surface area contributed by atoms with E-state index >= 15 is 0 Å². The van der Waals surface area contributed by atoms with E-state index in [1.165, 1.54) is 22.3 Å². The summed E-state index contributed by atoms with van der Waals surface area (Å²) in [5, 5.41) is 4.28. The van der Waals surface area contributed by atoms with Crippen LogP contribution in [0.25, 0.3) is 66.1 Å². The number of benzene rings is 7. The van der Waals surface area contributed by atoms with Gasteiger partial charge in [0.05, 0.1) is 5.39 Å². The molecule has 0 fully saturated rings. The van der Waals surface area contributed by atoms with Crippen molar-refractivity contribution in [2.75, 3.05) is 4.90 Å². The Morgan fingerprint density at radius 2 is 1.04 bits per heavy atom. The van der Waals surface area contributed by atoms with E-state index < -0.39 is 0 Å². The number of fused-ring (bicyclic) bond motifs is 10. The Morgan fingerprint density at radius 1 is 0.438 bits per heavy atom. The fraction of sp³-hybridized carbons (Fsp3) is 0.0667. The van der Waals surface area contributed by atoms with E-state index in [0.717, 1.165) is 72.1 Å². The minimum Gasteiger partial charge on any atom is -0.455 e. The Bertz CT molecular complexity index is 2690. The molecule has 0 aliphatic heterocycles. The van der Waals surface area contributed by atoms with Gasteiger partial charge in [-0.2, -0.15) is 0 Å². The van der Waals surface area contributed by atoms with Gasteiger partial charge in [0, 0.05) is 44.2 Å². The number of hydrogen-bond donors (Lipinski definition) is 0. The van der Waals surface area contributed by atoms with Crippen molar-refractivity contribution in [3.8, 4) is 22.3 Å². The van der Waals surface area contributed by atoms with Crippen molar-refractivity contribution < 1.29 is 8.83 Å². The van der Waals surface area contributed by atoms with E-state index in [2.05, 4.69) is 146 Å². The van der Waals surface area contributed by atoms with Gasteiger partial charge in [0.1, 0.15) is 22.3 Å². The molecule has 0 saturated heterocycles. The van der Waals surface area contributed by atoms with Crippen LogP contribution < -0.4 is 4.90 Å². The monoisotopic (exact) mass is 617 g/mol. The fourth-order valence-electron chi connectivity index (χ4n) is 7.92. The van der Waals surface area contributed by atoms with E-state index in [1.807, 2.05) is 24.3 Å². The van der Waals surface area contributed by atoms with Crippen molar-refractivity contribution in [1.29, 1.82) is 0 Å². The lowest BCUT2D eigenvalue weighted by atomic mass is 9.82. The zero-order valence-corrected chi connectivity index (χ0v) is 26.7. The first-order valence-electron chi connectivity index (χ1n) is 16.5. The number of rotatable bonds is 4. The van der Waals surface area contributed by atoms with E-state index in [0.29, 0.717) is 0 Å². The summed E-state index contributed by atoms with van der Waals surface area (Å²) in [4.78, 5) is 2.35. The summed E-state index contributed by atoms with van der Waals surface area (Å²) in [6.07, 6.45) is 0. The van der Waals surface area contributed by atoms with Crippen LogP contribution >= 0.6 is 0 Å². The lowest BCUT2D eigenvalue weighted by molar-refractivity contribution is 0.660. The molecule has 0 saturated carbocycles. The van der Waals surface area contributed by atoms with Crippen molar-refractivity contribution in [2.45, 2.75) is 19.3 Å². The van der Waals surface area contributed by atoms with Gasteiger partial charge < -0.3 is 13.7 Å². The van der Waals surface area contributed by atoms with Crippen LogP contribution in [-0.2, 0) is 5.41 Å². The van der Waals surface area contributed by atoms with E-state index in [-0.39, 0.29) is 5.41 Å². The molecule has 0 bridgehead atoms. The molecule has 1 aliphatic carbocycles. The predicted molar refractivity (Wildman–Crippen MR) is 199 cm³/mol. The summed E-state index contributed by atoms with van der Waals surface area (Å²) in [6.45, 7) is 4.67. The Kier molecular flexibility index (Phi) is 5.63. The third-order valence-corrected chi connectivity index (χ3v) is 10.3. The number of furan rings is 2. The normalized spacial score (nSPS) is 13.4. The first kappa shape index (κ1) is 27.1. The highest BCUT2D eigenvalue weighted by Crippen LogP contribution is 2.51. The third kappa shape index (κ3) is 3.82. The maximum Gasteiger partial charge on any atom is 0.147 e. The zero-order chi connectivity index (χ0) is 32.0. The SMILES string of the molecule is CC1(C)c2ccccc2-c2ccc(N(c3ccccc3)c3ccc(-c4cc5c6ccccc6oc5c5c4oc4ccccc45)cc3)cc21. The van der Waals surface area contributed by atoms with Crippen LogP contribution in [0.5, 0.6) is 0 Å². The molecule has 2 heterocycles. The predicted octanol–water partition coefficient (Wildman–Crippen LogP) is 12.9. The minimum atomic E-state index is -0.0813. The van der Waals surface area contributed by atoms with Gasteiger partial charge in [-0.15, -0.1) is 0 Å². The second-order valence-electron chi connectivity index (χ2n) is 13.3. The van der Waals surface area contributed by atoms with Crippen molar-refractivity contribution in [3.63, 3.8) is 0 Å². The lowest BCUT2D eigenvalue weighted by Gasteiger charge is -2.28. The molecule has 10 rings (SSSR count). The molecule has 7 aromatic carbocycles. The Hall–Kier alpha value is -6.06. The molecule has 3 nitrogen and oxygen atoms in total. The number of para-hydroxylation sites is 3. The van der Waals surface area contributed by atoms with Gasteiger partial charge in [0.2, 0.25) is 0 Å². The van der Waals surface area contributed by atoms with Gasteiger partial charge >= 0.3 is 0 Å². The second kappa shape index (κ2) is 9.97. The molecule has 0 radical (unpaired) electrons. The highest BCUT2D eigenvalue weighted by Gasteiger charge is 2.35. The minimum absolute atomic E-state index is 0.0813. The number of nitrogens with zero attached hydrogens (tertiary/aromatic N) is 1. The van der Waals surface area contributed by atoms with Crippen LogP contribution in [0.4, 0.5) is 17.1 Å². The van der Waals surface area contributed by atoms with Gasteiger partial charge in [-0.05, 0) is 82.4 Å². The maximum atomic E-state index is 6.58. The van der Waals surface area contributed by atoms with Crippen molar-refractivity contribution in [2.24, 2.45) is 0 Å². The molecule has 0 spiro atoms. The van der Waals surface area contributed by atoms with Crippen molar-refractivity contribution >= 4 is 60.9 Å². The highest BCUT2D eigenvalue weighted by molar-refractivity contribution is 6.25. The van der Waals surface area contributed by atoms with E-state index in [9.17, 15) is 0 Å². The molecular formula is C45H31NO2. The van der Waals surface area contributed by atoms with Gasteiger partial charge in [-0.3, -0.25) is 0 Å². The fourth-order valence-corrected chi connectivity index (χ4v) is 7.92. The quantitative estimate of drug-likeness (QED) is 0.197. The lowest BCUT2D eigenvalue weighted by Crippen LogP contribution is -2.16. The van der Waals surface area contributed by atoms with Crippen molar-refractivity contribution in [1.82, 2.24) is 0 Å². The standard InChI is InChI=1S/C45H31NO2/c1-45(2)38-17-9-6-14-32(38)33-25-24-31(26-39(33)45)46(29-12-4-3-5-13-29)30-22-20-28(21-23-30)36-27-37-34-15-7-10-18-40(34)47-44(37)42-35-16-8-11-19-41(35)48-43(36)42/h3-27H,1-2H3. The van der Waals surface area contributed by atoms with Crippen LogP contribution in [0.2, 0.25) is 0 Å². The summed E-state index contributed by atoms with van der Waals surface area (Å²) in [5.41, 5.74) is 14.2. The summed E-state index contributed by atoms with van der Waals surface area (Å²) in [6, 6.07) is 54.0. The molecule has 48 heavy (non-hydrogen) atoms. The van der Waals surface area contributed by atoms with E-state index in [1.54, 1.807) is 0 Å². The average molecular weight is 618 g/mol. The summed E-state index contributed by atoms with van der Waals surface area (Å²) in [5.74, 6) is 0. The zero-order valence-electron chi connectivity index (χ0n) is 26.7. The first-order chi connectivity index (χ1) is 23.6. The molecule has 0 amide bonds. The summed E-state index contributed by atoms with van der Waals surface area (Å²) >= 11 is 0. The highest BCUT2D eigenvalue weighted by atomic mass is 16.3. The maximum absolute atomic E-state index is 6.58. The molecule has 1 aliphatic rings. The molecular weight excluding hydrogens is 587 g/mol. The number of hydrogen-bond acceptors (Lipinski definition) is 3. The molecule has 9 aromatic rings. The Balaban J connectivity index is 1.14. The molecule has 0 atom stereocenters. The van der Waals surface area contributed by atoms with Gasteiger partial charge in [-0.25, -0.2) is 0 Å². The smallest absolute Gasteiger partial charge is 0.147 e. The second-order valence-corrected chi connectivity index (χ2v) is 13.3. The largest absolute Gasteiger partial charge is 0.455 e. The average Bonchev–Trinajstić information content (AvgIpc) is 3.77. The topological polar surface area (TPSA) is 29.5 Å². The van der Waals surface area contributed by atoms with Crippen LogP contribution in [-0.4, -0.2) is 0 Å². The third-order valence-electron chi connectivity index (χ3n) is 10.3. The van der Waals surface area contributed by atoms with Gasteiger partial charge in [0.25, 0.3) is 0 Å². The number of anilines is 3. The van der Waals surface area contributed by atoms with Gasteiger partial charge in [-0.1, -0.05) is 111 Å². The molecule has 2 aromatic heterocycles. The molecule has 3 heteroatoms. The molecule has 228 valence electrons. The Morgan fingerprint density at radius 3 is 1.85 bits per heavy atom. The first-order valence-corrected chi connectivity index (χ1v) is 16.5. The van der Waals surface area contributed by atoms with E-state index in [4.69, 9.17) is 8.83 Å². The Labute approximate surface area is 278 Å². The van der Waals surface area contributed by atoms with Gasteiger partial charge in [0.15, 0.2) is 0 Å². The molecule has 0 unspecified atom stereocenters. The van der Waals surface area contributed by atoms with Crippen LogP contribution in [0, 0.1) is 0 Å². The van der Waals surface area contributed by atoms with Crippen LogP contribution in [0.15, 0.2) is 160 Å². The molecule has 0 N–H and O–H groups in total. The summed E-state index contributed by atoms with van der Waals surface area (Å²) in [7, 11) is 0. The van der Waals surface area contributed by atoms with Crippen LogP contribution in [0.3, 0.4) is 0 Å². The van der Waals surface area contributed by atoms with Crippen molar-refractivity contribution in [3.05, 3.63) is 163 Å². The summed E-state index contributed by atoms with van der Waals surface area (Å²) < 4.78 is 13.0.